The van der Waals surface area contributed by atoms with Gasteiger partial charge in [-0.3, -0.25) is 0 Å². The molecule has 2 aromatic carbocycles. The fourth-order valence-electron chi connectivity index (χ4n) is 2.24. The predicted octanol–water partition coefficient (Wildman–Crippen LogP) is 3.93. The first-order valence-electron chi connectivity index (χ1n) is 6.40. The second kappa shape index (κ2) is 5.25. The smallest absolute Gasteiger partial charge is 0.146 e. The molecule has 20 heavy (non-hydrogen) atoms. The van der Waals surface area contributed by atoms with Gasteiger partial charge in [0.2, 0.25) is 0 Å². The van der Waals surface area contributed by atoms with E-state index >= 15 is 0 Å². The molecule has 0 spiro atoms. The van der Waals surface area contributed by atoms with Gasteiger partial charge in [0.1, 0.15) is 11.6 Å². The zero-order valence-corrected chi connectivity index (χ0v) is 11.1. The maximum atomic E-state index is 13.7. The lowest BCUT2D eigenvalue weighted by Crippen LogP contribution is -2.01. The van der Waals surface area contributed by atoms with Gasteiger partial charge >= 0.3 is 0 Å². The number of halogens is 1. The summed E-state index contributed by atoms with van der Waals surface area (Å²) < 4.78 is 18.8. The standard InChI is InChI=1S/C16H15FN2O/c1-20-12-6-7-14(17)16(8-12)19-10-11-9-18-15-5-3-2-4-13(11)15/h2-9,18-19H,10H2,1H3. The summed E-state index contributed by atoms with van der Waals surface area (Å²) >= 11 is 0. The second-order valence-electron chi connectivity index (χ2n) is 4.56. The number of benzene rings is 2. The van der Waals surface area contributed by atoms with Crippen LogP contribution in [0.3, 0.4) is 0 Å². The third-order valence-electron chi connectivity index (χ3n) is 3.32. The van der Waals surface area contributed by atoms with Crippen LogP contribution >= 0.6 is 0 Å². The number of ether oxygens (including phenoxy) is 1. The highest BCUT2D eigenvalue weighted by Crippen LogP contribution is 2.23. The third kappa shape index (κ3) is 2.32. The van der Waals surface area contributed by atoms with E-state index in [0.29, 0.717) is 18.0 Å². The van der Waals surface area contributed by atoms with E-state index in [2.05, 4.69) is 10.3 Å². The molecule has 0 atom stereocenters. The lowest BCUT2D eigenvalue weighted by molar-refractivity contribution is 0.414. The van der Waals surface area contributed by atoms with E-state index in [0.717, 1.165) is 16.5 Å². The van der Waals surface area contributed by atoms with Gasteiger partial charge in [-0.1, -0.05) is 18.2 Å². The Morgan fingerprint density at radius 2 is 2.05 bits per heavy atom. The highest BCUT2D eigenvalue weighted by molar-refractivity contribution is 5.83. The van der Waals surface area contributed by atoms with Crippen LogP contribution in [0.1, 0.15) is 5.56 Å². The lowest BCUT2D eigenvalue weighted by Gasteiger charge is -2.09. The van der Waals surface area contributed by atoms with Crippen LogP contribution in [0.25, 0.3) is 10.9 Å². The van der Waals surface area contributed by atoms with E-state index in [1.165, 1.54) is 6.07 Å². The Hall–Kier alpha value is -2.49. The minimum absolute atomic E-state index is 0.286. The Labute approximate surface area is 116 Å². The van der Waals surface area contributed by atoms with Crippen molar-refractivity contribution >= 4 is 16.6 Å². The van der Waals surface area contributed by atoms with Gasteiger partial charge in [-0.25, -0.2) is 4.39 Å². The average Bonchev–Trinajstić information content (AvgIpc) is 2.90. The SMILES string of the molecule is COc1ccc(F)c(NCc2c[nH]c3ccccc23)c1. The first-order chi connectivity index (χ1) is 9.78. The van der Waals surface area contributed by atoms with Crippen molar-refractivity contribution in [1.82, 2.24) is 4.98 Å². The number of para-hydroxylation sites is 1. The van der Waals surface area contributed by atoms with Gasteiger partial charge in [0, 0.05) is 29.7 Å². The molecule has 0 saturated heterocycles. The summed E-state index contributed by atoms with van der Waals surface area (Å²) in [5, 5.41) is 4.25. The minimum atomic E-state index is -0.286. The Kier molecular flexibility index (Phi) is 3.29. The van der Waals surface area contributed by atoms with Crippen LogP contribution in [-0.4, -0.2) is 12.1 Å². The van der Waals surface area contributed by atoms with Crippen molar-refractivity contribution in [3.8, 4) is 5.75 Å². The number of fused-ring (bicyclic) bond motifs is 1. The fourth-order valence-corrected chi connectivity index (χ4v) is 2.24. The summed E-state index contributed by atoms with van der Waals surface area (Å²) in [5.74, 6) is 0.346. The van der Waals surface area contributed by atoms with E-state index in [4.69, 9.17) is 4.74 Å². The maximum absolute atomic E-state index is 13.7. The van der Waals surface area contributed by atoms with Crippen LogP contribution in [0.15, 0.2) is 48.7 Å². The van der Waals surface area contributed by atoms with Gasteiger partial charge in [0.25, 0.3) is 0 Å². The highest BCUT2D eigenvalue weighted by atomic mass is 19.1. The molecule has 2 N–H and O–H groups in total. The number of hydrogen-bond acceptors (Lipinski definition) is 2. The molecule has 0 saturated carbocycles. The number of H-pyrrole nitrogens is 1. The molecule has 102 valence electrons. The van der Waals surface area contributed by atoms with Crippen molar-refractivity contribution in [2.75, 3.05) is 12.4 Å². The molecule has 0 aliphatic rings. The largest absolute Gasteiger partial charge is 0.497 e. The lowest BCUT2D eigenvalue weighted by atomic mass is 10.1. The van der Waals surface area contributed by atoms with Crippen LogP contribution in [0.5, 0.6) is 5.75 Å². The molecule has 0 radical (unpaired) electrons. The normalized spacial score (nSPS) is 10.7. The van der Waals surface area contributed by atoms with Crippen LogP contribution in [0, 0.1) is 5.82 Å². The number of methoxy groups -OCH3 is 1. The van der Waals surface area contributed by atoms with Crippen molar-refractivity contribution < 1.29 is 9.13 Å². The Bertz CT molecular complexity index is 736. The molecule has 3 rings (SSSR count). The van der Waals surface area contributed by atoms with Crippen LogP contribution in [0.2, 0.25) is 0 Å². The Morgan fingerprint density at radius 3 is 2.90 bits per heavy atom. The molecular weight excluding hydrogens is 255 g/mol. The van der Waals surface area contributed by atoms with E-state index in [1.54, 1.807) is 19.2 Å². The average molecular weight is 270 g/mol. The third-order valence-corrected chi connectivity index (χ3v) is 3.32. The fraction of sp³-hybridized carbons (Fsp3) is 0.125. The first-order valence-corrected chi connectivity index (χ1v) is 6.40. The monoisotopic (exact) mass is 270 g/mol. The topological polar surface area (TPSA) is 37.0 Å². The van der Waals surface area contributed by atoms with Gasteiger partial charge in [-0.2, -0.15) is 0 Å². The summed E-state index contributed by atoms with van der Waals surface area (Å²) in [6.07, 6.45) is 1.94. The Morgan fingerprint density at radius 1 is 1.20 bits per heavy atom. The van der Waals surface area contributed by atoms with Crippen molar-refractivity contribution in [2.24, 2.45) is 0 Å². The van der Waals surface area contributed by atoms with Crippen LogP contribution in [0.4, 0.5) is 10.1 Å². The quantitative estimate of drug-likeness (QED) is 0.753. The van der Waals surface area contributed by atoms with Crippen molar-refractivity contribution in [3.63, 3.8) is 0 Å². The van der Waals surface area contributed by atoms with Gasteiger partial charge in [-0.05, 0) is 23.8 Å². The number of anilines is 1. The van der Waals surface area contributed by atoms with Gasteiger partial charge in [0.05, 0.1) is 12.8 Å². The highest BCUT2D eigenvalue weighted by Gasteiger charge is 2.06. The van der Waals surface area contributed by atoms with Gasteiger partial charge in [-0.15, -0.1) is 0 Å². The zero-order valence-electron chi connectivity index (χ0n) is 11.1. The molecule has 0 amide bonds. The molecule has 0 unspecified atom stereocenters. The predicted molar refractivity (Wildman–Crippen MR) is 78.6 cm³/mol. The second-order valence-corrected chi connectivity index (χ2v) is 4.56. The molecule has 0 bridgehead atoms. The summed E-state index contributed by atoms with van der Waals surface area (Å²) in [4.78, 5) is 3.20. The maximum Gasteiger partial charge on any atom is 0.146 e. The van der Waals surface area contributed by atoms with Gasteiger partial charge in [0.15, 0.2) is 0 Å². The molecule has 4 heteroatoms. The van der Waals surface area contributed by atoms with Crippen LogP contribution < -0.4 is 10.1 Å². The molecular formula is C16H15FN2O. The van der Waals surface area contributed by atoms with Crippen LogP contribution in [-0.2, 0) is 6.54 Å². The minimum Gasteiger partial charge on any atom is -0.497 e. The molecule has 3 aromatic rings. The molecule has 0 aliphatic heterocycles. The van der Waals surface area contributed by atoms with E-state index in [1.807, 2.05) is 30.5 Å². The number of aromatic nitrogens is 1. The van der Waals surface area contributed by atoms with Crippen molar-refractivity contribution in [2.45, 2.75) is 6.54 Å². The molecule has 1 aromatic heterocycles. The van der Waals surface area contributed by atoms with E-state index in [9.17, 15) is 4.39 Å². The van der Waals surface area contributed by atoms with Crippen molar-refractivity contribution in [1.29, 1.82) is 0 Å². The summed E-state index contributed by atoms with van der Waals surface area (Å²) in [6, 6.07) is 12.7. The van der Waals surface area contributed by atoms with Crippen molar-refractivity contribution in [3.05, 3.63) is 60.0 Å². The number of nitrogens with one attached hydrogen (secondary N) is 2. The summed E-state index contributed by atoms with van der Waals surface area (Å²) in [6.45, 7) is 0.550. The molecule has 1 heterocycles. The van der Waals surface area contributed by atoms with Gasteiger partial charge < -0.3 is 15.0 Å². The number of rotatable bonds is 4. The summed E-state index contributed by atoms with van der Waals surface area (Å²) in [5.41, 5.74) is 2.62. The van der Waals surface area contributed by atoms with E-state index in [-0.39, 0.29) is 5.82 Å². The summed E-state index contributed by atoms with van der Waals surface area (Å²) in [7, 11) is 1.57. The number of hydrogen-bond donors (Lipinski definition) is 2. The molecule has 0 aliphatic carbocycles. The molecule has 0 fully saturated rings. The molecule has 3 nitrogen and oxygen atoms in total. The Balaban J connectivity index is 1.83. The van der Waals surface area contributed by atoms with E-state index < -0.39 is 0 Å². The number of aromatic amines is 1. The first kappa shape index (κ1) is 12.5. The zero-order chi connectivity index (χ0) is 13.9.